The van der Waals surface area contributed by atoms with Gasteiger partial charge < -0.3 is 45.0 Å². The Balaban J connectivity index is -0.00000000800. The van der Waals surface area contributed by atoms with Gasteiger partial charge in [-0.25, -0.2) is 9.59 Å². The van der Waals surface area contributed by atoms with E-state index in [1.54, 1.807) is 0 Å². The molecule has 90 valence electrons. The van der Waals surface area contributed by atoms with Gasteiger partial charge in [0.05, 0.1) is 0 Å². The summed E-state index contributed by atoms with van der Waals surface area (Å²) in [6.07, 6.45) is -3.67. The normalized spacial score (nSPS) is 3.69. The van der Waals surface area contributed by atoms with Crippen LogP contribution in [0.25, 0.3) is 0 Å². The van der Waals surface area contributed by atoms with Crippen molar-refractivity contribution in [1.82, 2.24) is 24.6 Å². The van der Waals surface area contributed by atoms with Crippen molar-refractivity contribution in [3.05, 3.63) is 0 Å². The molecule has 0 heterocycles. The maximum Gasteiger partial charge on any atom is 0.503 e. The summed E-state index contributed by atoms with van der Waals surface area (Å²) in [5.74, 6) is 0. The molecule has 11 heteroatoms. The van der Waals surface area contributed by atoms with Crippen LogP contribution in [0.15, 0.2) is 0 Å². The van der Waals surface area contributed by atoms with Crippen LogP contribution in [0, 0.1) is 0 Å². The minimum absolute atomic E-state index is 0. The van der Waals surface area contributed by atoms with Crippen LogP contribution < -0.4 is 24.6 Å². The van der Waals surface area contributed by atoms with E-state index in [9.17, 15) is 0 Å². The third kappa shape index (κ3) is 984. The third-order valence-electron chi connectivity index (χ3n) is 0. The van der Waals surface area contributed by atoms with E-state index in [2.05, 4.69) is 0 Å². The van der Waals surface area contributed by atoms with Crippen LogP contribution in [-0.2, 0) is 20.4 Å². The van der Waals surface area contributed by atoms with E-state index in [0.717, 1.165) is 0 Å². The molecule has 0 aliphatic heterocycles. The predicted octanol–water partition coefficient (Wildman–Crippen LogP) is 1.09. The Labute approximate surface area is 87.9 Å². The Bertz CT molecular complexity index is 80.6. The minimum Gasteiger partial charge on any atom is -0.450 e. The second-order valence-electron chi connectivity index (χ2n) is 0.565. The summed E-state index contributed by atoms with van der Waals surface area (Å²) >= 11 is 0. The Kier molecular flexibility index (Phi) is 195. The first-order valence-electron chi connectivity index (χ1n) is 1.30. The van der Waals surface area contributed by atoms with Gasteiger partial charge >= 0.3 is 12.3 Å². The van der Waals surface area contributed by atoms with Crippen LogP contribution in [0.5, 0.6) is 0 Å². The van der Waals surface area contributed by atoms with Crippen molar-refractivity contribution in [2.45, 2.75) is 0 Å². The third-order valence-corrected chi connectivity index (χ3v) is 0. The van der Waals surface area contributed by atoms with Gasteiger partial charge in [-0.2, -0.15) is 0 Å². The quantitative estimate of drug-likeness (QED) is 0.295. The fourth-order valence-corrected chi connectivity index (χ4v) is 0. The van der Waals surface area contributed by atoms with Gasteiger partial charge in [-0.05, 0) is 0 Å². The van der Waals surface area contributed by atoms with Gasteiger partial charge in [0.2, 0.25) is 0 Å². The Hall–Kier alpha value is -0.958. The first kappa shape index (κ1) is 57.8. The molecule has 10 nitrogen and oxygen atoms in total. The maximum atomic E-state index is 8.56. The number of hydrogen-bond donors (Lipinski definition) is 8. The van der Waals surface area contributed by atoms with Gasteiger partial charge in [0.1, 0.15) is 0 Å². The smallest absolute Gasteiger partial charge is 0.450 e. The van der Waals surface area contributed by atoms with Gasteiger partial charge in [-0.3, -0.25) is 0 Å². The molecule has 0 rings (SSSR count). The number of carbonyl (C=O) groups is 2. The first-order chi connectivity index (χ1) is 3.46. The average Bonchev–Trinajstić information content (AvgIpc) is 1.25. The molecule has 0 amide bonds. The summed E-state index contributed by atoms with van der Waals surface area (Å²) in [6.45, 7) is 0. The van der Waals surface area contributed by atoms with Crippen molar-refractivity contribution in [3.8, 4) is 0 Å². The molecule has 16 N–H and O–H groups in total. The van der Waals surface area contributed by atoms with Gasteiger partial charge in [-0.15, -0.1) is 0 Å². The van der Waals surface area contributed by atoms with Crippen LogP contribution in [0.1, 0.15) is 0 Å². The standard InChI is InChI=1S/2CH2O3.4H3N.Pd/c2*2-1(3)4;;;;;/h2*(H2,2,3,4);4*1H3;. The predicted molar refractivity (Wildman–Crippen MR) is 41.4 cm³/mol. The zero-order chi connectivity index (χ0) is 7.15. The van der Waals surface area contributed by atoms with E-state index in [0.29, 0.717) is 0 Å². The van der Waals surface area contributed by atoms with Crippen molar-refractivity contribution in [2.24, 2.45) is 0 Å². The van der Waals surface area contributed by atoms with E-state index in [-0.39, 0.29) is 45.0 Å². The molecule has 0 aromatic heterocycles. The molecular weight excluding hydrogens is 282 g/mol. The summed E-state index contributed by atoms with van der Waals surface area (Å²) in [6, 6.07) is 0. The largest absolute Gasteiger partial charge is 0.503 e. The molecule has 0 aromatic rings. The van der Waals surface area contributed by atoms with Crippen molar-refractivity contribution < 1.29 is 50.4 Å². The Morgan fingerprint density at radius 3 is 0.615 bits per heavy atom. The average molecular weight is 299 g/mol. The fourth-order valence-electron chi connectivity index (χ4n) is 0. The second kappa shape index (κ2) is 43.8. The van der Waals surface area contributed by atoms with Gasteiger partial charge in [0.25, 0.3) is 0 Å². The van der Waals surface area contributed by atoms with Gasteiger partial charge in [-0.1, -0.05) is 0 Å². The van der Waals surface area contributed by atoms with E-state index in [1.165, 1.54) is 0 Å². The molecule has 0 aliphatic rings. The molecule has 0 bridgehead atoms. The molecule has 0 aliphatic carbocycles. The monoisotopic (exact) mass is 298 g/mol. The SMILES string of the molecule is N.N.N.N.O=C(O)O.O=C(O)O.[Pd]. The number of carboxylic acid groups (broad SMARTS) is 4. The molecule has 0 radical (unpaired) electrons. The van der Waals surface area contributed by atoms with E-state index >= 15 is 0 Å². The summed E-state index contributed by atoms with van der Waals surface area (Å²) in [5, 5.41) is 27.9. The molecule has 0 saturated carbocycles. The summed E-state index contributed by atoms with van der Waals surface area (Å²) in [5.41, 5.74) is 0. The van der Waals surface area contributed by atoms with Crippen molar-refractivity contribution in [1.29, 1.82) is 0 Å². The van der Waals surface area contributed by atoms with Crippen LogP contribution in [0.3, 0.4) is 0 Å². The van der Waals surface area contributed by atoms with Crippen molar-refractivity contribution in [3.63, 3.8) is 0 Å². The second-order valence-corrected chi connectivity index (χ2v) is 0.565. The topological polar surface area (TPSA) is 255 Å². The van der Waals surface area contributed by atoms with Crippen LogP contribution in [0.4, 0.5) is 9.59 Å². The molecular formula is C2H16N4O6Pd. The Morgan fingerprint density at radius 1 is 0.615 bits per heavy atom. The Morgan fingerprint density at radius 2 is 0.615 bits per heavy atom. The molecule has 13 heavy (non-hydrogen) atoms. The molecule has 0 atom stereocenters. The van der Waals surface area contributed by atoms with E-state index < -0.39 is 12.3 Å². The van der Waals surface area contributed by atoms with Crippen molar-refractivity contribution >= 4 is 12.3 Å². The summed E-state index contributed by atoms with van der Waals surface area (Å²) in [7, 11) is 0. The maximum absolute atomic E-state index is 8.56. The summed E-state index contributed by atoms with van der Waals surface area (Å²) in [4.78, 5) is 17.1. The zero-order valence-electron chi connectivity index (χ0n) is 6.75. The fraction of sp³-hybridized carbons (Fsp3) is 0. The summed E-state index contributed by atoms with van der Waals surface area (Å²) < 4.78 is 0. The van der Waals surface area contributed by atoms with Crippen LogP contribution >= 0.6 is 0 Å². The molecule has 0 spiro atoms. The van der Waals surface area contributed by atoms with Gasteiger partial charge in [0.15, 0.2) is 0 Å². The van der Waals surface area contributed by atoms with Crippen molar-refractivity contribution in [2.75, 3.05) is 0 Å². The minimum atomic E-state index is -1.83. The van der Waals surface area contributed by atoms with E-state index in [4.69, 9.17) is 30.0 Å². The van der Waals surface area contributed by atoms with E-state index in [1.807, 2.05) is 0 Å². The molecule has 0 fully saturated rings. The van der Waals surface area contributed by atoms with Crippen LogP contribution in [0.2, 0.25) is 0 Å². The first-order valence-corrected chi connectivity index (χ1v) is 1.30. The molecule has 0 saturated heterocycles. The zero-order valence-corrected chi connectivity index (χ0v) is 8.30. The number of rotatable bonds is 0. The van der Waals surface area contributed by atoms with Crippen LogP contribution in [-0.4, -0.2) is 32.7 Å². The molecule has 0 unspecified atom stereocenters. The molecule has 0 aromatic carbocycles. The van der Waals surface area contributed by atoms with Gasteiger partial charge in [0, 0.05) is 20.4 Å². The number of hydrogen-bond acceptors (Lipinski definition) is 6.